The van der Waals surface area contributed by atoms with Crippen molar-refractivity contribution >= 4 is 11.5 Å². The Kier molecular flexibility index (Phi) is 2.56. The van der Waals surface area contributed by atoms with Crippen LogP contribution in [0, 0.1) is 6.92 Å². The molecule has 0 saturated heterocycles. The van der Waals surface area contributed by atoms with Gasteiger partial charge in [-0.3, -0.25) is 4.79 Å². The van der Waals surface area contributed by atoms with Gasteiger partial charge in [-0.05, 0) is 19.4 Å². The number of allylic oxidation sites excluding steroid dienone is 1. The monoisotopic (exact) mass is 178 g/mol. The Labute approximate surface area is 77.9 Å². The largest absolute Gasteiger partial charge is 0.364 e. The highest BCUT2D eigenvalue weighted by Crippen LogP contribution is 2.20. The van der Waals surface area contributed by atoms with Gasteiger partial charge in [-0.1, -0.05) is 6.58 Å². The Morgan fingerprint density at radius 3 is 2.69 bits per heavy atom. The van der Waals surface area contributed by atoms with Crippen molar-refractivity contribution in [2.45, 2.75) is 13.8 Å². The molecule has 1 amide bonds. The number of aromatic nitrogens is 1. The van der Waals surface area contributed by atoms with E-state index in [0.717, 1.165) is 16.8 Å². The normalized spacial score (nSPS) is 9.77. The molecule has 70 valence electrons. The van der Waals surface area contributed by atoms with E-state index in [1.807, 2.05) is 13.8 Å². The van der Waals surface area contributed by atoms with E-state index in [0.29, 0.717) is 5.56 Å². The van der Waals surface area contributed by atoms with Gasteiger partial charge in [0.1, 0.15) is 0 Å². The molecule has 0 fully saturated rings. The van der Waals surface area contributed by atoms with Crippen molar-refractivity contribution in [3.63, 3.8) is 0 Å². The van der Waals surface area contributed by atoms with Crippen molar-refractivity contribution in [1.29, 1.82) is 0 Å². The van der Waals surface area contributed by atoms with E-state index in [9.17, 15) is 4.79 Å². The minimum Gasteiger partial charge on any atom is -0.364 e. The molecule has 3 heteroatoms. The Morgan fingerprint density at radius 1 is 1.62 bits per heavy atom. The fourth-order valence-corrected chi connectivity index (χ4v) is 1.39. The molecule has 0 aliphatic carbocycles. The minimum absolute atomic E-state index is 0.0812. The number of H-pyrrole nitrogens is 1. The number of aryl methyl sites for hydroxylation is 1. The maximum absolute atomic E-state index is 11.4. The van der Waals surface area contributed by atoms with Crippen molar-refractivity contribution in [3.05, 3.63) is 29.6 Å². The van der Waals surface area contributed by atoms with Gasteiger partial charge in [0.2, 0.25) is 0 Å². The summed E-state index contributed by atoms with van der Waals surface area (Å²) in [6, 6.07) is 0. The minimum atomic E-state index is -0.0812. The maximum Gasteiger partial charge on any atom is 0.253 e. The maximum atomic E-state index is 11.4. The number of aromatic amines is 1. The predicted octanol–water partition coefficient (Wildman–Crippen LogP) is 1.72. The second-order valence-corrected chi connectivity index (χ2v) is 3.06. The molecular formula is C10H14N2O. The molecule has 0 spiro atoms. The summed E-state index contributed by atoms with van der Waals surface area (Å²) >= 11 is 0. The van der Waals surface area contributed by atoms with Gasteiger partial charge >= 0.3 is 0 Å². The number of nitrogens with one attached hydrogen (secondary N) is 2. The Balaban J connectivity index is 3.22. The lowest BCUT2D eigenvalue weighted by molar-refractivity contribution is 0.0963. The van der Waals surface area contributed by atoms with Gasteiger partial charge in [0.05, 0.1) is 5.56 Å². The SMILES string of the molecule is C=C(C)c1c(C(=O)NC)c[nH]c1C. The summed E-state index contributed by atoms with van der Waals surface area (Å²) in [6.07, 6.45) is 1.71. The second-order valence-electron chi connectivity index (χ2n) is 3.06. The van der Waals surface area contributed by atoms with Crippen LogP contribution in [0.15, 0.2) is 12.8 Å². The topological polar surface area (TPSA) is 44.9 Å². The molecule has 1 aromatic rings. The van der Waals surface area contributed by atoms with Crippen LogP contribution in [0.3, 0.4) is 0 Å². The molecule has 0 atom stereocenters. The molecule has 1 rings (SSSR count). The van der Waals surface area contributed by atoms with Crippen molar-refractivity contribution in [2.75, 3.05) is 7.05 Å². The Morgan fingerprint density at radius 2 is 2.23 bits per heavy atom. The van der Waals surface area contributed by atoms with Crippen LogP contribution < -0.4 is 5.32 Å². The first-order valence-corrected chi connectivity index (χ1v) is 4.14. The first-order valence-electron chi connectivity index (χ1n) is 4.14. The number of hydrogen-bond donors (Lipinski definition) is 2. The van der Waals surface area contributed by atoms with Crippen molar-refractivity contribution in [2.24, 2.45) is 0 Å². The summed E-state index contributed by atoms with van der Waals surface area (Å²) < 4.78 is 0. The van der Waals surface area contributed by atoms with E-state index in [-0.39, 0.29) is 5.91 Å². The fraction of sp³-hybridized carbons (Fsp3) is 0.300. The van der Waals surface area contributed by atoms with Crippen LogP contribution in [0.4, 0.5) is 0 Å². The van der Waals surface area contributed by atoms with Crippen LogP contribution in [0.25, 0.3) is 5.57 Å². The quantitative estimate of drug-likeness (QED) is 0.711. The summed E-state index contributed by atoms with van der Waals surface area (Å²) in [7, 11) is 1.62. The van der Waals surface area contributed by atoms with Crippen molar-refractivity contribution < 1.29 is 4.79 Å². The number of carbonyl (C=O) groups is 1. The van der Waals surface area contributed by atoms with Gasteiger partial charge in [-0.25, -0.2) is 0 Å². The third kappa shape index (κ3) is 1.64. The summed E-state index contributed by atoms with van der Waals surface area (Å²) in [5, 5.41) is 2.59. The number of hydrogen-bond acceptors (Lipinski definition) is 1. The van der Waals surface area contributed by atoms with E-state index in [2.05, 4.69) is 16.9 Å². The number of amides is 1. The van der Waals surface area contributed by atoms with Crippen LogP contribution in [0.5, 0.6) is 0 Å². The lowest BCUT2D eigenvalue weighted by Gasteiger charge is -2.02. The van der Waals surface area contributed by atoms with Crippen LogP contribution in [0.1, 0.15) is 28.5 Å². The molecule has 0 bridgehead atoms. The van der Waals surface area contributed by atoms with Crippen molar-refractivity contribution in [3.8, 4) is 0 Å². The van der Waals surface area contributed by atoms with Crippen LogP contribution in [-0.4, -0.2) is 17.9 Å². The third-order valence-corrected chi connectivity index (χ3v) is 1.98. The van der Waals surface area contributed by atoms with E-state index < -0.39 is 0 Å². The number of rotatable bonds is 2. The third-order valence-electron chi connectivity index (χ3n) is 1.98. The molecule has 0 saturated carbocycles. The predicted molar refractivity (Wildman–Crippen MR) is 53.6 cm³/mol. The van der Waals surface area contributed by atoms with Crippen LogP contribution in [0.2, 0.25) is 0 Å². The zero-order valence-electron chi connectivity index (χ0n) is 8.19. The molecule has 0 aliphatic heterocycles. The standard InChI is InChI=1S/C10H14N2O/c1-6(2)9-7(3)12-5-8(9)10(13)11-4/h5,12H,1H2,2-4H3,(H,11,13). The first-order chi connectivity index (χ1) is 6.07. The van der Waals surface area contributed by atoms with Crippen LogP contribution >= 0.6 is 0 Å². The molecule has 1 aromatic heterocycles. The Hall–Kier alpha value is -1.51. The molecule has 2 N–H and O–H groups in total. The fourth-order valence-electron chi connectivity index (χ4n) is 1.39. The van der Waals surface area contributed by atoms with E-state index in [1.54, 1.807) is 13.2 Å². The smallest absolute Gasteiger partial charge is 0.253 e. The lowest BCUT2D eigenvalue weighted by atomic mass is 10.0. The van der Waals surface area contributed by atoms with Gasteiger partial charge in [-0.2, -0.15) is 0 Å². The summed E-state index contributed by atoms with van der Waals surface area (Å²) in [6.45, 7) is 7.65. The van der Waals surface area contributed by atoms with Gasteiger partial charge in [0, 0.05) is 24.5 Å². The average molecular weight is 178 g/mol. The van der Waals surface area contributed by atoms with E-state index in [4.69, 9.17) is 0 Å². The molecule has 0 aliphatic rings. The first kappa shape index (κ1) is 9.58. The highest BCUT2D eigenvalue weighted by molar-refractivity contribution is 5.99. The highest BCUT2D eigenvalue weighted by Gasteiger charge is 2.13. The van der Waals surface area contributed by atoms with Gasteiger partial charge in [-0.15, -0.1) is 0 Å². The zero-order chi connectivity index (χ0) is 10.0. The Bertz CT molecular complexity index is 350. The molecule has 13 heavy (non-hydrogen) atoms. The molecular weight excluding hydrogens is 164 g/mol. The number of carbonyl (C=O) groups excluding carboxylic acids is 1. The summed E-state index contributed by atoms with van der Waals surface area (Å²) in [5.74, 6) is -0.0812. The van der Waals surface area contributed by atoms with Gasteiger partial charge in [0.15, 0.2) is 0 Å². The zero-order valence-corrected chi connectivity index (χ0v) is 8.19. The molecule has 0 radical (unpaired) electrons. The summed E-state index contributed by atoms with van der Waals surface area (Å²) in [5.41, 5.74) is 3.45. The van der Waals surface area contributed by atoms with Crippen LogP contribution in [-0.2, 0) is 0 Å². The van der Waals surface area contributed by atoms with E-state index in [1.165, 1.54) is 0 Å². The average Bonchev–Trinajstić information content (AvgIpc) is 2.45. The highest BCUT2D eigenvalue weighted by atomic mass is 16.1. The van der Waals surface area contributed by atoms with Gasteiger partial charge < -0.3 is 10.3 Å². The molecule has 0 unspecified atom stereocenters. The second kappa shape index (κ2) is 3.47. The van der Waals surface area contributed by atoms with Gasteiger partial charge in [0.25, 0.3) is 5.91 Å². The van der Waals surface area contributed by atoms with E-state index >= 15 is 0 Å². The molecule has 0 aromatic carbocycles. The molecule has 3 nitrogen and oxygen atoms in total. The molecule has 1 heterocycles. The van der Waals surface area contributed by atoms with Crippen molar-refractivity contribution in [1.82, 2.24) is 10.3 Å². The lowest BCUT2D eigenvalue weighted by Crippen LogP contribution is -2.18. The summed E-state index contributed by atoms with van der Waals surface area (Å²) in [4.78, 5) is 14.4.